The summed E-state index contributed by atoms with van der Waals surface area (Å²) >= 11 is 0. The Morgan fingerprint density at radius 3 is 2.33 bits per heavy atom. The van der Waals surface area contributed by atoms with Gasteiger partial charge in [0.1, 0.15) is 6.33 Å². The van der Waals surface area contributed by atoms with Crippen molar-refractivity contribution in [1.29, 1.82) is 0 Å². The average molecular weight is 254 g/mol. The molecule has 1 aromatic carbocycles. The molecule has 2 aromatic rings. The molecule has 0 saturated carbocycles. The molecule has 3 N–H and O–H groups in total. The SMILES string of the molecule is NNC(c1cncnc1)c1ccc(F)c(F)c1F. The summed E-state index contributed by atoms with van der Waals surface area (Å²) in [5, 5.41) is 0. The van der Waals surface area contributed by atoms with Crippen LogP contribution in [0, 0.1) is 17.5 Å². The molecule has 0 aliphatic carbocycles. The van der Waals surface area contributed by atoms with E-state index in [9.17, 15) is 13.2 Å². The molecule has 18 heavy (non-hydrogen) atoms. The summed E-state index contributed by atoms with van der Waals surface area (Å²) in [5.74, 6) is 1.22. The zero-order valence-corrected chi connectivity index (χ0v) is 9.07. The van der Waals surface area contributed by atoms with Gasteiger partial charge in [0.25, 0.3) is 0 Å². The first-order chi connectivity index (χ1) is 8.65. The lowest BCUT2D eigenvalue weighted by atomic mass is 10.0. The zero-order valence-electron chi connectivity index (χ0n) is 9.07. The van der Waals surface area contributed by atoms with Crippen molar-refractivity contribution in [3.8, 4) is 0 Å². The molecular weight excluding hydrogens is 245 g/mol. The maximum atomic E-state index is 13.6. The lowest BCUT2D eigenvalue weighted by molar-refractivity contribution is 0.433. The average Bonchev–Trinajstić information content (AvgIpc) is 2.41. The molecule has 7 heteroatoms. The lowest BCUT2D eigenvalue weighted by Gasteiger charge is -2.16. The van der Waals surface area contributed by atoms with Gasteiger partial charge in [-0.3, -0.25) is 5.84 Å². The van der Waals surface area contributed by atoms with Crippen molar-refractivity contribution in [1.82, 2.24) is 15.4 Å². The molecule has 0 bridgehead atoms. The Hall–Kier alpha value is -1.99. The molecular formula is C11H9F3N4. The number of hydrogen-bond acceptors (Lipinski definition) is 4. The van der Waals surface area contributed by atoms with Gasteiger partial charge < -0.3 is 0 Å². The minimum Gasteiger partial charge on any atom is -0.271 e. The van der Waals surface area contributed by atoms with Crippen LogP contribution in [0.3, 0.4) is 0 Å². The summed E-state index contributed by atoms with van der Waals surface area (Å²) in [7, 11) is 0. The smallest absolute Gasteiger partial charge is 0.194 e. The van der Waals surface area contributed by atoms with Crippen LogP contribution in [0.25, 0.3) is 0 Å². The van der Waals surface area contributed by atoms with Gasteiger partial charge >= 0.3 is 0 Å². The second-order valence-corrected chi connectivity index (χ2v) is 3.54. The van der Waals surface area contributed by atoms with E-state index in [0.29, 0.717) is 5.56 Å². The predicted octanol–water partition coefficient (Wildman–Crippen LogP) is 1.45. The summed E-state index contributed by atoms with van der Waals surface area (Å²) in [4.78, 5) is 7.50. The summed E-state index contributed by atoms with van der Waals surface area (Å²) in [5.41, 5.74) is 2.63. The predicted molar refractivity (Wildman–Crippen MR) is 57.5 cm³/mol. The molecule has 94 valence electrons. The molecule has 1 heterocycles. The van der Waals surface area contributed by atoms with Gasteiger partial charge in [-0.15, -0.1) is 0 Å². The first-order valence-corrected chi connectivity index (χ1v) is 4.99. The maximum absolute atomic E-state index is 13.6. The second-order valence-electron chi connectivity index (χ2n) is 3.54. The van der Waals surface area contributed by atoms with Crippen LogP contribution in [0.2, 0.25) is 0 Å². The fourth-order valence-electron chi connectivity index (χ4n) is 1.59. The molecule has 0 fully saturated rings. The number of nitrogens with zero attached hydrogens (tertiary/aromatic N) is 2. The minimum atomic E-state index is -1.54. The Labute approximate surface area is 101 Å². The van der Waals surface area contributed by atoms with Crippen LogP contribution in [0.15, 0.2) is 30.9 Å². The van der Waals surface area contributed by atoms with E-state index in [1.807, 2.05) is 0 Å². The fraction of sp³-hybridized carbons (Fsp3) is 0.0909. The minimum absolute atomic E-state index is 0.119. The number of nitrogens with one attached hydrogen (secondary N) is 1. The van der Waals surface area contributed by atoms with Crippen LogP contribution < -0.4 is 11.3 Å². The quantitative estimate of drug-likeness (QED) is 0.494. The van der Waals surface area contributed by atoms with Gasteiger partial charge in [0.05, 0.1) is 6.04 Å². The van der Waals surface area contributed by atoms with E-state index in [1.54, 1.807) is 0 Å². The first kappa shape index (κ1) is 12.5. The summed E-state index contributed by atoms with van der Waals surface area (Å²) in [6.45, 7) is 0. The van der Waals surface area contributed by atoms with Crippen LogP contribution in [0.5, 0.6) is 0 Å². The molecule has 2 rings (SSSR count). The van der Waals surface area contributed by atoms with E-state index >= 15 is 0 Å². The van der Waals surface area contributed by atoms with Crippen molar-refractivity contribution in [2.45, 2.75) is 6.04 Å². The molecule has 1 aromatic heterocycles. The van der Waals surface area contributed by atoms with Crippen LogP contribution >= 0.6 is 0 Å². The van der Waals surface area contributed by atoms with Crippen LogP contribution in [0.1, 0.15) is 17.2 Å². The van der Waals surface area contributed by atoms with E-state index in [2.05, 4.69) is 15.4 Å². The molecule has 4 nitrogen and oxygen atoms in total. The molecule has 0 spiro atoms. The van der Waals surface area contributed by atoms with Crippen molar-refractivity contribution >= 4 is 0 Å². The Morgan fingerprint density at radius 1 is 1.06 bits per heavy atom. The van der Waals surface area contributed by atoms with Crippen LogP contribution in [-0.2, 0) is 0 Å². The van der Waals surface area contributed by atoms with Gasteiger partial charge in [-0.1, -0.05) is 6.07 Å². The van der Waals surface area contributed by atoms with E-state index in [1.165, 1.54) is 18.7 Å². The molecule has 0 saturated heterocycles. The number of aromatic nitrogens is 2. The van der Waals surface area contributed by atoms with Crippen molar-refractivity contribution in [2.24, 2.45) is 5.84 Å². The lowest BCUT2D eigenvalue weighted by Crippen LogP contribution is -2.30. The van der Waals surface area contributed by atoms with Gasteiger partial charge in [0.15, 0.2) is 17.5 Å². The van der Waals surface area contributed by atoms with E-state index in [4.69, 9.17) is 5.84 Å². The standard InChI is InChI=1S/C11H9F3N4/c12-8-2-1-7(9(13)10(8)14)11(18-15)6-3-16-5-17-4-6/h1-5,11,18H,15H2. The first-order valence-electron chi connectivity index (χ1n) is 4.99. The van der Waals surface area contributed by atoms with Crippen molar-refractivity contribution in [3.63, 3.8) is 0 Å². The largest absolute Gasteiger partial charge is 0.271 e. The fourth-order valence-corrected chi connectivity index (χ4v) is 1.59. The van der Waals surface area contributed by atoms with Crippen molar-refractivity contribution < 1.29 is 13.2 Å². The Bertz CT molecular complexity index is 547. The maximum Gasteiger partial charge on any atom is 0.194 e. The third kappa shape index (κ3) is 2.18. The van der Waals surface area contributed by atoms with E-state index < -0.39 is 23.5 Å². The summed E-state index contributed by atoms with van der Waals surface area (Å²) < 4.78 is 39.6. The zero-order chi connectivity index (χ0) is 13.1. The normalized spacial score (nSPS) is 12.4. The third-order valence-corrected chi connectivity index (χ3v) is 2.46. The van der Waals surface area contributed by atoms with Crippen molar-refractivity contribution in [3.05, 3.63) is 59.4 Å². The third-order valence-electron chi connectivity index (χ3n) is 2.46. The highest BCUT2D eigenvalue weighted by molar-refractivity contribution is 5.31. The summed E-state index contributed by atoms with van der Waals surface area (Å²) in [6.07, 6.45) is 4.09. The molecule has 0 aliphatic rings. The van der Waals surface area contributed by atoms with Gasteiger partial charge in [-0.05, 0) is 6.07 Å². The van der Waals surface area contributed by atoms with Gasteiger partial charge in [-0.25, -0.2) is 28.6 Å². The number of rotatable bonds is 3. The number of hydrogen-bond donors (Lipinski definition) is 2. The topological polar surface area (TPSA) is 63.8 Å². The molecule has 0 amide bonds. The van der Waals surface area contributed by atoms with Crippen molar-refractivity contribution in [2.75, 3.05) is 0 Å². The van der Waals surface area contributed by atoms with E-state index in [0.717, 1.165) is 12.1 Å². The van der Waals surface area contributed by atoms with Gasteiger partial charge in [-0.2, -0.15) is 0 Å². The summed E-state index contributed by atoms with van der Waals surface area (Å²) in [6, 6.07) is 1.09. The highest BCUT2D eigenvalue weighted by atomic mass is 19.2. The number of halogens is 3. The number of nitrogens with two attached hydrogens (primary N) is 1. The second kappa shape index (κ2) is 5.11. The monoisotopic (exact) mass is 254 g/mol. The Morgan fingerprint density at radius 2 is 1.72 bits per heavy atom. The molecule has 1 unspecified atom stereocenters. The Kier molecular flexibility index (Phi) is 3.54. The number of hydrazine groups is 1. The molecule has 0 radical (unpaired) electrons. The highest BCUT2D eigenvalue weighted by Gasteiger charge is 2.21. The van der Waals surface area contributed by atoms with E-state index in [-0.39, 0.29) is 5.56 Å². The molecule has 1 atom stereocenters. The van der Waals surface area contributed by atoms with Crippen LogP contribution in [0.4, 0.5) is 13.2 Å². The Balaban J connectivity index is 2.50. The number of benzene rings is 1. The van der Waals surface area contributed by atoms with Gasteiger partial charge in [0.2, 0.25) is 0 Å². The van der Waals surface area contributed by atoms with Crippen LogP contribution in [-0.4, -0.2) is 9.97 Å². The molecule has 0 aliphatic heterocycles. The van der Waals surface area contributed by atoms with Gasteiger partial charge in [0, 0.05) is 23.5 Å². The highest BCUT2D eigenvalue weighted by Crippen LogP contribution is 2.25.